The Morgan fingerprint density at radius 2 is 1.80 bits per heavy atom. The number of methoxy groups -OCH3 is 1. The summed E-state index contributed by atoms with van der Waals surface area (Å²) in [6, 6.07) is 2.50. The molecule has 0 radical (unpaired) electrons. The van der Waals surface area contributed by atoms with Crippen molar-refractivity contribution >= 4 is 22.6 Å². The summed E-state index contributed by atoms with van der Waals surface area (Å²) in [5.74, 6) is 1.34. The van der Waals surface area contributed by atoms with Crippen LogP contribution >= 0.6 is 11.6 Å². The molecule has 3 heterocycles. The van der Waals surface area contributed by atoms with Gasteiger partial charge in [0.05, 0.1) is 29.9 Å². The van der Waals surface area contributed by atoms with Gasteiger partial charge in [-0.15, -0.1) is 0 Å². The topological polar surface area (TPSA) is 56.1 Å². The Kier molecular flexibility index (Phi) is 5.49. The Morgan fingerprint density at radius 3 is 2.43 bits per heavy atom. The van der Waals surface area contributed by atoms with Crippen LogP contribution in [-0.2, 0) is 0 Å². The van der Waals surface area contributed by atoms with E-state index in [1.54, 1.807) is 13.4 Å². The summed E-state index contributed by atoms with van der Waals surface area (Å²) in [5.41, 5.74) is 6.07. The average Bonchev–Trinajstić information content (AvgIpc) is 3.00. The van der Waals surface area contributed by atoms with Gasteiger partial charge in [-0.05, 0) is 53.2 Å². The molecule has 1 fully saturated rings. The summed E-state index contributed by atoms with van der Waals surface area (Å²) in [7, 11) is 1.75. The molecule has 160 valence electrons. The molecular weight excluding hydrogens is 398 g/mol. The van der Waals surface area contributed by atoms with Crippen molar-refractivity contribution in [2.45, 2.75) is 59.5 Å². The predicted octanol–water partition coefficient (Wildman–Crippen LogP) is 4.83. The maximum Gasteiger partial charge on any atom is 0.162 e. The van der Waals surface area contributed by atoms with Gasteiger partial charge in [0, 0.05) is 41.2 Å². The fraction of sp³-hybridized carbons (Fsp3) is 0.522. The Bertz CT molecular complexity index is 1100. The van der Waals surface area contributed by atoms with Gasteiger partial charge in [0.1, 0.15) is 12.1 Å². The molecule has 1 atom stereocenters. The fourth-order valence-corrected chi connectivity index (χ4v) is 4.85. The number of halogens is 1. The molecule has 0 N–H and O–H groups in total. The second-order valence-electron chi connectivity index (χ2n) is 8.63. The van der Waals surface area contributed by atoms with Crippen molar-refractivity contribution < 1.29 is 4.74 Å². The van der Waals surface area contributed by atoms with E-state index in [9.17, 15) is 0 Å². The highest BCUT2D eigenvalue weighted by Crippen LogP contribution is 2.44. The first kappa shape index (κ1) is 21.1. The van der Waals surface area contributed by atoms with E-state index in [0.717, 1.165) is 57.4 Å². The highest BCUT2D eigenvalue weighted by Gasteiger charge is 2.35. The van der Waals surface area contributed by atoms with Gasteiger partial charge >= 0.3 is 0 Å². The number of fused-ring (bicyclic) bond motifs is 1. The minimum atomic E-state index is -0.0800. The maximum atomic E-state index is 6.73. The van der Waals surface area contributed by atoms with Crippen molar-refractivity contribution in [3.05, 3.63) is 45.5 Å². The van der Waals surface area contributed by atoms with Crippen LogP contribution in [0.4, 0.5) is 0 Å². The molecule has 30 heavy (non-hydrogen) atoms. The Hall–Kier alpha value is -2.18. The largest absolute Gasteiger partial charge is 0.496 e. The van der Waals surface area contributed by atoms with Crippen LogP contribution in [-0.4, -0.2) is 50.9 Å². The molecule has 1 unspecified atom stereocenters. The minimum absolute atomic E-state index is 0.0800. The van der Waals surface area contributed by atoms with Gasteiger partial charge in [-0.1, -0.05) is 11.6 Å². The van der Waals surface area contributed by atoms with E-state index in [1.165, 1.54) is 5.56 Å². The predicted molar refractivity (Wildman–Crippen MR) is 121 cm³/mol. The third-order valence-corrected chi connectivity index (χ3v) is 6.87. The third-order valence-electron chi connectivity index (χ3n) is 6.47. The van der Waals surface area contributed by atoms with E-state index in [1.807, 2.05) is 24.6 Å². The lowest BCUT2D eigenvalue weighted by Crippen LogP contribution is -2.48. The maximum absolute atomic E-state index is 6.73. The van der Waals surface area contributed by atoms with Crippen LogP contribution in [0.3, 0.4) is 0 Å². The number of likely N-dealkylation sites (tertiary alicyclic amines) is 1. The molecule has 0 saturated carbocycles. The third kappa shape index (κ3) is 3.26. The lowest BCUT2D eigenvalue weighted by atomic mass is 9.84. The standard InChI is InChI=1S/C23H30ClN5O/c1-12(2)28-9-17(10-28)20-13(3)19(24)8-18(22(20)30-7)16(6)29-23-21(15(5)27-29)14(4)25-11-26-23/h8,11-12,16-17H,9-10H2,1-7H3. The van der Waals surface area contributed by atoms with Gasteiger partial charge in [-0.3, -0.25) is 4.90 Å². The van der Waals surface area contributed by atoms with Crippen molar-refractivity contribution in [2.24, 2.45) is 0 Å². The second-order valence-corrected chi connectivity index (χ2v) is 9.03. The number of benzene rings is 1. The Balaban J connectivity index is 1.83. The Morgan fingerprint density at radius 1 is 1.10 bits per heavy atom. The van der Waals surface area contributed by atoms with Gasteiger partial charge in [0.15, 0.2) is 5.65 Å². The quantitative estimate of drug-likeness (QED) is 0.583. The summed E-state index contributed by atoms with van der Waals surface area (Å²) in [6.45, 7) is 14.7. The van der Waals surface area contributed by atoms with Crippen LogP contribution in [0.15, 0.2) is 12.4 Å². The number of aryl methyl sites for hydroxylation is 2. The van der Waals surface area contributed by atoms with E-state index >= 15 is 0 Å². The van der Waals surface area contributed by atoms with Crippen molar-refractivity contribution in [3.63, 3.8) is 0 Å². The highest BCUT2D eigenvalue weighted by molar-refractivity contribution is 6.31. The summed E-state index contributed by atoms with van der Waals surface area (Å²) in [6.07, 6.45) is 1.60. The average molecular weight is 428 g/mol. The Labute approximate surface area is 183 Å². The smallest absolute Gasteiger partial charge is 0.162 e. The van der Waals surface area contributed by atoms with E-state index in [-0.39, 0.29) is 6.04 Å². The van der Waals surface area contributed by atoms with Gasteiger partial charge in [-0.25, -0.2) is 14.6 Å². The van der Waals surface area contributed by atoms with E-state index in [0.29, 0.717) is 12.0 Å². The number of hydrogen-bond donors (Lipinski definition) is 0. The van der Waals surface area contributed by atoms with Gasteiger partial charge in [0.25, 0.3) is 0 Å². The molecule has 1 aliphatic heterocycles. The zero-order valence-corrected chi connectivity index (χ0v) is 19.6. The lowest BCUT2D eigenvalue weighted by Gasteiger charge is -2.43. The molecule has 6 nitrogen and oxygen atoms in total. The van der Waals surface area contributed by atoms with Crippen LogP contribution in [0.1, 0.15) is 60.8 Å². The first-order valence-corrected chi connectivity index (χ1v) is 10.9. The van der Waals surface area contributed by atoms with Crippen LogP contribution in [0, 0.1) is 20.8 Å². The number of ether oxygens (including phenoxy) is 1. The second kappa shape index (κ2) is 7.82. The van der Waals surface area contributed by atoms with Gasteiger partial charge in [0.2, 0.25) is 0 Å². The van der Waals surface area contributed by atoms with E-state index in [4.69, 9.17) is 21.4 Å². The van der Waals surface area contributed by atoms with Crippen LogP contribution in [0.25, 0.3) is 11.0 Å². The fourth-order valence-electron chi connectivity index (χ4n) is 4.63. The van der Waals surface area contributed by atoms with E-state index in [2.05, 4.69) is 42.6 Å². The number of hydrogen-bond acceptors (Lipinski definition) is 5. The molecule has 1 aromatic carbocycles. The first-order valence-electron chi connectivity index (χ1n) is 10.5. The highest BCUT2D eigenvalue weighted by atomic mass is 35.5. The molecule has 1 aliphatic rings. The molecule has 3 aromatic rings. The summed E-state index contributed by atoms with van der Waals surface area (Å²) in [4.78, 5) is 11.3. The van der Waals surface area contributed by atoms with Gasteiger partial charge < -0.3 is 4.74 Å². The van der Waals surface area contributed by atoms with Crippen molar-refractivity contribution in [3.8, 4) is 5.75 Å². The normalized spacial score (nSPS) is 16.3. The molecular formula is C23H30ClN5O. The first-order chi connectivity index (χ1) is 14.2. The summed E-state index contributed by atoms with van der Waals surface area (Å²) >= 11 is 6.73. The van der Waals surface area contributed by atoms with Crippen molar-refractivity contribution in [1.29, 1.82) is 0 Å². The van der Waals surface area contributed by atoms with Gasteiger partial charge in [-0.2, -0.15) is 5.10 Å². The molecule has 0 spiro atoms. The molecule has 2 aromatic heterocycles. The van der Waals surface area contributed by atoms with Crippen LogP contribution in [0.2, 0.25) is 5.02 Å². The molecule has 4 rings (SSSR count). The van der Waals surface area contributed by atoms with Crippen LogP contribution < -0.4 is 4.74 Å². The van der Waals surface area contributed by atoms with Crippen molar-refractivity contribution in [1.82, 2.24) is 24.6 Å². The lowest BCUT2D eigenvalue weighted by molar-refractivity contribution is 0.108. The molecule has 0 aliphatic carbocycles. The van der Waals surface area contributed by atoms with E-state index < -0.39 is 0 Å². The van der Waals surface area contributed by atoms with Crippen LogP contribution in [0.5, 0.6) is 5.75 Å². The zero-order chi connectivity index (χ0) is 21.7. The minimum Gasteiger partial charge on any atom is -0.496 e. The molecule has 1 saturated heterocycles. The number of rotatable bonds is 5. The number of nitrogens with zero attached hydrogens (tertiary/aromatic N) is 5. The monoisotopic (exact) mass is 427 g/mol. The summed E-state index contributed by atoms with van der Waals surface area (Å²) in [5, 5.41) is 6.59. The molecule has 7 heteroatoms. The molecule has 0 bridgehead atoms. The number of aromatic nitrogens is 4. The SMILES string of the molecule is COc1c(C(C)n2nc(C)c3c(C)ncnc32)cc(Cl)c(C)c1C1CN(C(C)C)C1. The zero-order valence-electron chi connectivity index (χ0n) is 18.8. The molecule has 0 amide bonds. The van der Waals surface area contributed by atoms with Crippen molar-refractivity contribution in [2.75, 3.05) is 20.2 Å². The summed E-state index contributed by atoms with van der Waals surface area (Å²) < 4.78 is 7.97.